The van der Waals surface area contributed by atoms with Gasteiger partial charge in [-0.05, 0) is 54.4 Å². The normalized spacial score (nSPS) is 15.6. The summed E-state index contributed by atoms with van der Waals surface area (Å²) in [5.74, 6) is -1.07. The molecular weight excluding hydrogens is 482 g/mol. The number of carbonyl (C=O) groups is 2. The molecule has 3 aromatic carbocycles. The highest BCUT2D eigenvalue weighted by atomic mass is 35.5. The maximum absolute atomic E-state index is 13.8. The third-order valence-electron chi connectivity index (χ3n) is 6.26. The number of aliphatic hydroxyl groups is 1. The van der Waals surface area contributed by atoms with E-state index in [0.29, 0.717) is 33.4 Å². The average Bonchev–Trinajstić information content (AvgIpc) is 3.44. The van der Waals surface area contributed by atoms with E-state index in [1.54, 1.807) is 54.6 Å². The minimum atomic E-state index is -0.977. The predicted octanol–water partition coefficient (Wildman–Crippen LogP) is 6.19. The van der Waals surface area contributed by atoms with Crippen molar-refractivity contribution in [2.75, 3.05) is 19.1 Å². The highest BCUT2D eigenvalue weighted by molar-refractivity contribution is 6.31. The van der Waals surface area contributed by atoms with Crippen LogP contribution < -0.4 is 14.4 Å². The number of amides is 1. The number of ether oxygens (including phenoxy) is 2. The van der Waals surface area contributed by atoms with E-state index in [1.807, 2.05) is 19.1 Å². The van der Waals surface area contributed by atoms with Gasteiger partial charge in [0.1, 0.15) is 5.58 Å². The molecule has 1 amide bonds. The first kappa shape index (κ1) is 23.5. The van der Waals surface area contributed by atoms with Crippen molar-refractivity contribution >= 4 is 39.9 Å². The Morgan fingerprint density at radius 2 is 1.75 bits per heavy atom. The number of aliphatic hydroxyl groups excluding tert-OH is 1. The highest BCUT2D eigenvalue weighted by Crippen LogP contribution is 2.45. The first-order valence-corrected chi connectivity index (χ1v) is 11.5. The smallest absolute Gasteiger partial charge is 0.294 e. The molecule has 1 N–H and O–H groups in total. The number of anilines is 1. The lowest BCUT2D eigenvalue weighted by Gasteiger charge is -2.28. The van der Waals surface area contributed by atoms with Gasteiger partial charge in [-0.1, -0.05) is 41.9 Å². The van der Waals surface area contributed by atoms with Crippen LogP contribution in [0.25, 0.3) is 11.0 Å². The minimum absolute atomic E-state index is 0.0145. The Balaban J connectivity index is 1.71. The molecule has 0 spiro atoms. The molecular formula is C28H22ClNO6. The Labute approximate surface area is 212 Å². The molecule has 36 heavy (non-hydrogen) atoms. The molecule has 0 radical (unpaired) electrons. The van der Waals surface area contributed by atoms with Gasteiger partial charge in [0.25, 0.3) is 5.91 Å². The lowest BCUT2D eigenvalue weighted by Crippen LogP contribution is -2.31. The van der Waals surface area contributed by atoms with E-state index in [0.717, 1.165) is 10.9 Å². The van der Waals surface area contributed by atoms with Crippen LogP contribution in [-0.4, -0.2) is 31.0 Å². The SMILES string of the molecule is COc1ccc(C2C(C(=O)c3cc4ccccc4o3)=C(O)C(=O)N2c2cc(Cl)ccc2C)cc1OC. The van der Waals surface area contributed by atoms with E-state index < -0.39 is 23.5 Å². The summed E-state index contributed by atoms with van der Waals surface area (Å²) in [5.41, 5.74) is 2.15. The number of ketones is 1. The Hall–Kier alpha value is -4.23. The Morgan fingerprint density at radius 1 is 1.00 bits per heavy atom. The molecule has 2 heterocycles. The van der Waals surface area contributed by atoms with Crippen molar-refractivity contribution in [3.8, 4) is 11.5 Å². The molecule has 182 valence electrons. The summed E-state index contributed by atoms with van der Waals surface area (Å²) < 4.78 is 16.6. The first-order chi connectivity index (χ1) is 17.3. The number of halogens is 1. The van der Waals surface area contributed by atoms with E-state index in [1.165, 1.54) is 19.1 Å². The summed E-state index contributed by atoms with van der Waals surface area (Å²) in [4.78, 5) is 28.6. The van der Waals surface area contributed by atoms with Crippen molar-refractivity contribution in [1.82, 2.24) is 0 Å². The monoisotopic (exact) mass is 503 g/mol. The quantitative estimate of drug-likeness (QED) is 0.315. The number of fused-ring (bicyclic) bond motifs is 1. The Bertz CT molecular complexity index is 1520. The second kappa shape index (κ2) is 9.09. The van der Waals surface area contributed by atoms with Gasteiger partial charge >= 0.3 is 0 Å². The van der Waals surface area contributed by atoms with Gasteiger partial charge in [0.15, 0.2) is 23.0 Å². The molecule has 1 atom stereocenters. The van der Waals surface area contributed by atoms with E-state index >= 15 is 0 Å². The zero-order valence-electron chi connectivity index (χ0n) is 19.7. The largest absolute Gasteiger partial charge is 0.503 e. The zero-order valence-corrected chi connectivity index (χ0v) is 20.5. The fourth-order valence-electron chi connectivity index (χ4n) is 4.49. The summed E-state index contributed by atoms with van der Waals surface area (Å²) in [6, 6.07) is 18.0. The number of Topliss-reactive ketones (excluding diaryl/α,β-unsaturated/α-hetero) is 1. The van der Waals surface area contributed by atoms with E-state index in [4.69, 9.17) is 25.5 Å². The number of furan rings is 1. The van der Waals surface area contributed by atoms with Gasteiger partial charge in [0.05, 0.1) is 25.8 Å². The number of aryl methyl sites for hydroxylation is 1. The van der Waals surface area contributed by atoms with Crippen LogP contribution in [0.4, 0.5) is 5.69 Å². The topological polar surface area (TPSA) is 89.2 Å². The van der Waals surface area contributed by atoms with Crippen molar-refractivity contribution in [3.63, 3.8) is 0 Å². The number of rotatable bonds is 6. The van der Waals surface area contributed by atoms with Gasteiger partial charge in [-0.15, -0.1) is 0 Å². The summed E-state index contributed by atoms with van der Waals surface area (Å²) in [7, 11) is 3.01. The van der Waals surface area contributed by atoms with Crippen molar-refractivity contribution < 1.29 is 28.6 Å². The second-order valence-corrected chi connectivity index (χ2v) is 8.80. The van der Waals surface area contributed by atoms with Crippen molar-refractivity contribution in [1.29, 1.82) is 0 Å². The van der Waals surface area contributed by atoms with Gasteiger partial charge in [0, 0.05) is 16.1 Å². The van der Waals surface area contributed by atoms with E-state index in [-0.39, 0.29) is 11.3 Å². The van der Waals surface area contributed by atoms with Crippen LogP contribution in [0.5, 0.6) is 11.5 Å². The third-order valence-corrected chi connectivity index (χ3v) is 6.49. The second-order valence-electron chi connectivity index (χ2n) is 8.36. The Kier molecular flexibility index (Phi) is 5.94. The number of methoxy groups -OCH3 is 2. The third kappa shape index (κ3) is 3.78. The van der Waals surface area contributed by atoms with Crippen LogP contribution in [0, 0.1) is 6.92 Å². The number of para-hydroxylation sites is 1. The van der Waals surface area contributed by atoms with Gasteiger partial charge < -0.3 is 19.0 Å². The molecule has 1 aliphatic heterocycles. The number of carbonyl (C=O) groups excluding carboxylic acids is 2. The molecule has 1 unspecified atom stereocenters. The molecule has 1 aliphatic rings. The summed E-state index contributed by atoms with van der Waals surface area (Å²) in [6.45, 7) is 1.82. The summed E-state index contributed by atoms with van der Waals surface area (Å²) >= 11 is 6.27. The van der Waals surface area contributed by atoms with Crippen molar-refractivity contribution in [3.05, 3.63) is 100.0 Å². The summed E-state index contributed by atoms with van der Waals surface area (Å²) in [6.07, 6.45) is 0. The van der Waals surface area contributed by atoms with Crippen LogP contribution in [-0.2, 0) is 4.79 Å². The van der Waals surface area contributed by atoms with Crippen LogP contribution in [0.15, 0.2) is 82.5 Å². The van der Waals surface area contributed by atoms with Crippen molar-refractivity contribution in [2.45, 2.75) is 13.0 Å². The van der Waals surface area contributed by atoms with E-state index in [9.17, 15) is 14.7 Å². The molecule has 4 aromatic rings. The maximum Gasteiger partial charge on any atom is 0.294 e. The Morgan fingerprint density at radius 3 is 2.47 bits per heavy atom. The molecule has 5 rings (SSSR count). The maximum atomic E-state index is 13.8. The van der Waals surface area contributed by atoms with Gasteiger partial charge in [-0.2, -0.15) is 0 Å². The number of nitrogens with zero attached hydrogens (tertiary/aromatic N) is 1. The minimum Gasteiger partial charge on any atom is -0.503 e. The highest BCUT2D eigenvalue weighted by Gasteiger charge is 2.46. The van der Waals surface area contributed by atoms with E-state index in [2.05, 4.69) is 0 Å². The van der Waals surface area contributed by atoms with Gasteiger partial charge in [0.2, 0.25) is 5.78 Å². The molecule has 0 fully saturated rings. The number of hydrogen-bond acceptors (Lipinski definition) is 6. The number of hydrogen-bond donors (Lipinski definition) is 1. The lowest BCUT2D eigenvalue weighted by molar-refractivity contribution is -0.117. The molecule has 0 aliphatic carbocycles. The standard InChI is InChI=1S/C28H22ClNO6/c1-15-8-10-18(29)14-19(15)30-25(17-9-11-21(34-2)22(13-17)35-3)24(27(32)28(30)33)26(31)23-12-16-6-4-5-7-20(16)36-23/h4-14,25,32H,1-3H3. The summed E-state index contributed by atoms with van der Waals surface area (Å²) in [5, 5.41) is 12.2. The van der Waals surface area contributed by atoms with Crippen LogP contribution >= 0.6 is 11.6 Å². The molecule has 0 saturated carbocycles. The first-order valence-electron chi connectivity index (χ1n) is 11.1. The zero-order chi connectivity index (χ0) is 25.6. The molecule has 0 bridgehead atoms. The van der Waals surface area contributed by atoms with Gasteiger partial charge in [-0.25, -0.2) is 0 Å². The molecule has 8 heteroatoms. The van der Waals surface area contributed by atoms with Crippen LogP contribution in [0.3, 0.4) is 0 Å². The fraction of sp³-hybridized carbons (Fsp3) is 0.143. The van der Waals surface area contributed by atoms with Crippen LogP contribution in [0.1, 0.15) is 27.7 Å². The van der Waals surface area contributed by atoms with Crippen molar-refractivity contribution in [2.24, 2.45) is 0 Å². The fourth-order valence-corrected chi connectivity index (χ4v) is 4.66. The molecule has 0 saturated heterocycles. The average molecular weight is 504 g/mol. The van der Waals surface area contributed by atoms with Gasteiger partial charge in [-0.3, -0.25) is 14.5 Å². The van der Waals surface area contributed by atoms with Crippen LogP contribution in [0.2, 0.25) is 5.02 Å². The molecule has 7 nitrogen and oxygen atoms in total. The predicted molar refractivity (Wildman–Crippen MR) is 136 cm³/mol. The number of benzene rings is 3. The molecule has 1 aromatic heterocycles. The lowest BCUT2D eigenvalue weighted by atomic mass is 9.94.